The van der Waals surface area contributed by atoms with Crippen LogP contribution in [0.1, 0.15) is 53.0 Å². The summed E-state index contributed by atoms with van der Waals surface area (Å²) in [4.78, 5) is 7.09. The van der Waals surface area contributed by atoms with E-state index in [9.17, 15) is 0 Å². The molecule has 0 aliphatic heterocycles. The highest BCUT2D eigenvalue weighted by Crippen LogP contribution is 2.20. The van der Waals surface area contributed by atoms with Crippen LogP contribution in [0.5, 0.6) is 0 Å². The van der Waals surface area contributed by atoms with E-state index >= 15 is 0 Å². The summed E-state index contributed by atoms with van der Waals surface area (Å²) < 4.78 is 0. The molecule has 1 N–H and O–H groups in total. The normalized spacial score (nSPS) is 11.4. The lowest BCUT2D eigenvalue weighted by Crippen LogP contribution is -2.31. The highest BCUT2D eigenvalue weighted by atomic mass is 15.2. The smallest absolute Gasteiger partial charge is 0.133 e. The van der Waals surface area contributed by atoms with Crippen LogP contribution in [0, 0.1) is 11.8 Å². The maximum absolute atomic E-state index is 4.66. The highest BCUT2D eigenvalue weighted by molar-refractivity contribution is 5.46. The van der Waals surface area contributed by atoms with Crippen molar-refractivity contribution in [3.63, 3.8) is 0 Å². The van der Waals surface area contributed by atoms with Crippen LogP contribution in [0.4, 0.5) is 5.82 Å². The molecule has 0 saturated heterocycles. The van der Waals surface area contributed by atoms with Crippen LogP contribution in [0.25, 0.3) is 0 Å². The molecule has 1 aromatic rings. The Balaban J connectivity index is 2.78. The van der Waals surface area contributed by atoms with Crippen LogP contribution in [0.15, 0.2) is 18.3 Å². The predicted octanol–water partition coefficient (Wildman–Crippen LogP) is 4.09. The third-order valence-corrected chi connectivity index (χ3v) is 4.05. The Labute approximate surface area is 131 Å². The van der Waals surface area contributed by atoms with E-state index in [1.807, 2.05) is 12.3 Å². The second-order valence-corrected chi connectivity index (χ2v) is 6.23. The van der Waals surface area contributed by atoms with Crippen molar-refractivity contribution in [2.75, 3.05) is 24.5 Å². The molecule has 3 heteroatoms. The van der Waals surface area contributed by atoms with Crippen molar-refractivity contribution in [1.29, 1.82) is 0 Å². The largest absolute Gasteiger partial charge is 0.356 e. The summed E-state index contributed by atoms with van der Waals surface area (Å²) in [5, 5.41) is 3.54. The fourth-order valence-corrected chi connectivity index (χ4v) is 2.57. The lowest BCUT2D eigenvalue weighted by molar-refractivity contribution is 0.483. The number of nitrogens with one attached hydrogen (secondary N) is 1. The zero-order chi connectivity index (χ0) is 15.7. The summed E-state index contributed by atoms with van der Waals surface area (Å²) in [6, 6.07) is 4.24. The third-order valence-electron chi connectivity index (χ3n) is 4.05. The molecule has 1 aromatic heterocycles. The van der Waals surface area contributed by atoms with Gasteiger partial charge in [0.1, 0.15) is 5.82 Å². The quantitative estimate of drug-likeness (QED) is 0.704. The minimum atomic E-state index is 0.678. The molecule has 0 bridgehead atoms. The number of anilines is 1. The van der Waals surface area contributed by atoms with Gasteiger partial charge in [-0.1, -0.05) is 46.6 Å². The monoisotopic (exact) mass is 291 g/mol. The number of hydrogen-bond donors (Lipinski definition) is 1. The minimum Gasteiger partial charge on any atom is -0.356 e. The zero-order valence-electron chi connectivity index (χ0n) is 14.5. The van der Waals surface area contributed by atoms with Gasteiger partial charge in [-0.2, -0.15) is 0 Å². The van der Waals surface area contributed by atoms with Crippen molar-refractivity contribution in [1.82, 2.24) is 10.3 Å². The Kier molecular flexibility index (Phi) is 8.36. The van der Waals surface area contributed by atoms with E-state index in [0.29, 0.717) is 5.92 Å². The molecule has 0 atom stereocenters. The molecular weight excluding hydrogens is 258 g/mol. The number of aromatic nitrogens is 1. The first-order valence-corrected chi connectivity index (χ1v) is 8.51. The molecule has 0 amide bonds. The van der Waals surface area contributed by atoms with E-state index < -0.39 is 0 Å². The molecule has 21 heavy (non-hydrogen) atoms. The van der Waals surface area contributed by atoms with E-state index in [-0.39, 0.29) is 0 Å². The number of pyridine rings is 1. The topological polar surface area (TPSA) is 28.2 Å². The number of nitrogens with zero attached hydrogens (tertiary/aromatic N) is 2. The van der Waals surface area contributed by atoms with E-state index in [2.05, 4.69) is 55.9 Å². The van der Waals surface area contributed by atoms with Crippen molar-refractivity contribution in [3.05, 3.63) is 23.9 Å². The van der Waals surface area contributed by atoms with Gasteiger partial charge in [0.25, 0.3) is 0 Å². The molecule has 0 saturated carbocycles. The summed E-state index contributed by atoms with van der Waals surface area (Å²) in [5.74, 6) is 2.59. The molecule has 1 heterocycles. The van der Waals surface area contributed by atoms with Gasteiger partial charge >= 0.3 is 0 Å². The van der Waals surface area contributed by atoms with E-state index in [4.69, 9.17) is 0 Å². The second kappa shape index (κ2) is 9.78. The second-order valence-electron chi connectivity index (χ2n) is 6.23. The van der Waals surface area contributed by atoms with Crippen LogP contribution in [0.2, 0.25) is 0 Å². The number of rotatable bonds is 10. The molecule has 0 aliphatic carbocycles. The summed E-state index contributed by atoms with van der Waals surface area (Å²) in [7, 11) is 0. The average molecular weight is 291 g/mol. The standard InChI is InChI=1S/C18H33N3/c1-6-16(7-2)14-21(8-3)18-17(10-9-11-20-18)13-19-12-15(4)5/h9-11,15-16,19H,6-8,12-14H2,1-5H3. The SMILES string of the molecule is CCC(CC)CN(CC)c1ncccc1CNCC(C)C. The van der Waals surface area contributed by atoms with E-state index in [0.717, 1.165) is 37.9 Å². The zero-order valence-corrected chi connectivity index (χ0v) is 14.5. The Morgan fingerprint density at radius 2 is 1.90 bits per heavy atom. The molecule has 120 valence electrons. The summed E-state index contributed by atoms with van der Waals surface area (Å²) in [6.07, 6.45) is 4.39. The van der Waals surface area contributed by atoms with Crippen LogP contribution >= 0.6 is 0 Å². The fourth-order valence-electron chi connectivity index (χ4n) is 2.57. The molecule has 0 fully saturated rings. The van der Waals surface area contributed by atoms with Crippen LogP contribution in [-0.4, -0.2) is 24.6 Å². The van der Waals surface area contributed by atoms with Crippen LogP contribution in [-0.2, 0) is 6.54 Å². The lowest BCUT2D eigenvalue weighted by atomic mass is 10.0. The maximum Gasteiger partial charge on any atom is 0.133 e. The van der Waals surface area contributed by atoms with Crippen LogP contribution in [0.3, 0.4) is 0 Å². The molecule has 0 radical (unpaired) electrons. The van der Waals surface area contributed by atoms with E-state index in [1.165, 1.54) is 18.4 Å². The molecule has 1 rings (SSSR count). The van der Waals surface area contributed by atoms with Gasteiger partial charge in [-0.05, 0) is 31.4 Å². The Morgan fingerprint density at radius 3 is 2.48 bits per heavy atom. The molecule has 3 nitrogen and oxygen atoms in total. The van der Waals surface area contributed by atoms with Gasteiger partial charge in [-0.25, -0.2) is 4.98 Å². The van der Waals surface area contributed by atoms with Crippen molar-refractivity contribution in [2.24, 2.45) is 11.8 Å². The van der Waals surface area contributed by atoms with Crippen LogP contribution < -0.4 is 10.2 Å². The van der Waals surface area contributed by atoms with Gasteiger partial charge in [-0.3, -0.25) is 0 Å². The summed E-state index contributed by atoms with van der Waals surface area (Å²) in [5.41, 5.74) is 1.31. The Bertz CT molecular complexity index is 386. The lowest BCUT2D eigenvalue weighted by Gasteiger charge is -2.28. The van der Waals surface area contributed by atoms with Gasteiger partial charge in [0.2, 0.25) is 0 Å². The third kappa shape index (κ3) is 6.04. The van der Waals surface area contributed by atoms with Crippen molar-refractivity contribution in [2.45, 2.75) is 54.0 Å². The van der Waals surface area contributed by atoms with Crippen molar-refractivity contribution in [3.8, 4) is 0 Å². The first kappa shape index (κ1) is 18.0. The van der Waals surface area contributed by atoms with Gasteiger partial charge in [-0.15, -0.1) is 0 Å². The van der Waals surface area contributed by atoms with Gasteiger partial charge in [0.15, 0.2) is 0 Å². The van der Waals surface area contributed by atoms with Crippen molar-refractivity contribution < 1.29 is 0 Å². The molecule has 0 aliphatic rings. The molecule has 0 aromatic carbocycles. The summed E-state index contributed by atoms with van der Waals surface area (Å²) >= 11 is 0. The van der Waals surface area contributed by atoms with Gasteiger partial charge < -0.3 is 10.2 Å². The first-order chi connectivity index (χ1) is 10.1. The van der Waals surface area contributed by atoms with E-state index in [1.54, 1.807) is 0 Å². The Hall–Kier alpha value is -1.09. The van der Waals surface area contributed by atoms with Gasteiger partial charge in [0.05, 0.1) is 0 Å². The first-order valence-electron chi connectivity index (χ1n) is 8.51. The molecule has 0 unspecified atom stereocenters. The maximum atomic E-state index is 4.66. The predicted molar refractivity (Wildman–Crippen MR) is 92.7 cm³/mol. The van der Waals surface area contributed by atoms with Crippen molar-refractivity contribution >= 4 is 5.82 Å². The fraction of sp³-hybridized carbons (Fsp3) is 0.722. The number of hydrogen-bond acceptors (Lipinski definition) is 3. The molecular formula is C18H33N3. The average Bonchev–Trinajstić information content (AvgIpc) is 2.49. The highest BCUT2D eigenvalue weighted by Gasteiger charge is 2.14. The molecule has 0 spiro atoms. The summed E-state index contributed by atoms with van der Waals surface area (Å²) in [6.45, 7) is 15.3. The van der Waals surface area contributed by atoms with Gasteiger partial charge in [0, 0.05) is 31.4 Å². The minimum absolute atomic E-state index is 0.678. The Morgan fingerprint density at radius 1 is 1.19 bits per heavy atom.